The monoisotopic (exact) mass is 357 g/mol. The molecule has 5 nitrogen and oxygen atoms in total. The third-order valence-corrected chi connectivity index (χ3v) is 4.96. The molecule has 1 aliphatic rings. The van der Waals surface area contributed by atoms with E-state index in [0.717, 1.165) is 17.1 Å². The first-order valence-electron chi connectivity index (χ1n) is 8.70. The average Bonchev–Trinajstić information content (AvgIpc) is 3.09. The number of pyridine rings is 1. The van der Waals surface area contributed by atoms with Crippen LogP contribution in [0.1, 0.15) is 42.8 Å². The fourth-order valence-electron chi connectivity index (χ4n) is 2.80. The fourth-order valence-corrected chi connectivity index (χ4v) is 3.50. The van der Waals surface area contributed by atoms with Crippen molar-refractivity contribution in [2.75, 3.05) is 6.54 Å². The molecular weight excluding hydrogens is 334 g/mol. The Labute approximate surface area is 152 Å². The van der Waals surface area contributed by atoms with Gasteiger partial charge in [-0.2, -0.15) is 0 Å². The third kappa shape index (κ3) is 5.98. The van der Waals surface area contributed by atoms with Crippen LogP contribution in [0.25, 0.3) is 0 Å². The standard InChI is InChI=1S/C19H23N3O2S/c23-18(21-10-8-15-5-2-1-3-6-15)11-16-14-25-19(22-16)13-24-17-7-4-9-20-12-17/h4-5,7,9,12,14H,1-3,6,8,10-11,13H2,(H,21,23). The van der Waals surface area contributed by atoms with Gasteiger partial charge in [0, 0.05) is 18.1 Å². The lowest BCUT2D eigenvalue weighted by atomic mass is 9.97. The van der Waals surface area contributed by atoms with Gasteiger partial charge in [-0.3, -0.25) is 9.78 Å². The van der Waals surface area contributed by atoms with Gasteiger partial charge >= 0.3 is 0 Å². The van der Waals surface area contributed by atoms with E-state index in [1.807, 2.05) is 17.5 Å². The van der Waals surface area contributed by atoms with E-state index in [1.165, 1.54) is 42.6 Å². The zero-order valence-electron chi connectivity index (χ0n) is 14.2. The van der Waals surface area contributed by atoms with Crippen LogP contribution in [-0.4, -0.2) is 22.4 Å². The average molecular weight is 357 g/mol. The molecule has 2 heterocycles. The molecule has 25 heavy (non-hydrogen) atoms. The predicted molar refractivity (Wildman–Crippen MR) is 98.6 cm³/mol. The van der Waals surface area contributed by atoms with Gasteiger partial charge in [-0.15, -0.1) is 11.3 Å². The first-order valence-corrected chi connectivity index (χ1v) is 9.58. The topological polar surface area (TPSA) is 64.1 Å². The lowest BCUT2D eigenvalue weighted by Crippen LogP contribution is -2.26. The summed E-state index contributed by atoms with van der Waals surface area (Å²) in [7, 11) is 0. The summed E-state index contributed by atoms with van der Waals surface area (Å²) in [5, 5.41) is 5.77. The lowest BCUT2D eigenvalue weighted by Gasteiger charge is -2.12. The van der Waals surface area contributed by atoms with Crippen LogP contribution in [0.4, 0.5) is 0 Å². The first-order chi connectivity index (χ1) is 12.3. The van der Waals surface area contributed by atoms with Crippen LogP contribution in [0, 0.1) is 0 Å². The van der Waals surface area contributed by atoms with Crippen molar-refractivity contribution >= 4 is 17.2 Å². The Morgan fingerprint density at radius 2 is 2.32 bits per heavy atom. The number of amides is 1. The quantitative estimate of drug-likeness (QED) is 0.732. The SMILES string of the molecule is O=C(Cc1csc(COc2cccnc2)n1)NCCC1=CCCCC1. The minimum Gasteiger partial charge on any atom is -0.485 e. The molecule has 0 fully saturated rings. The first kappa shape index (κ1) is 17.6. The van der Waals surface area contributed by atoms with Gasteiger partial charge in [-0.05, 0) is 44.2 Å². The van der Waals surface area contributed by atoms with Gasteiger partial charge in [0.1, 0.15) is 17.4 Å². The summed E-state index contributed by atoms with van der Waals surface area (Å²) in [6, 6.07) is 3.69. The van der Waals surface area contributed by atoms with Gasteiger partial charge in [-0.25, -0.2) is 4.98 Å². The van der Waals surface area contributed by atoms with Crippen molar-refractivity contribution in [3.8, 4) is 5.75 Å². The maximum absolute atomic E-state index is 12.0. The van der Waals surface area contributed by atoms with E-state index in [0.29, 0.717) is 25.3 Å². The van der Waals surface area contributed by atoms with E-state index in [4.69, 9.17) is 4.74 Å². The minimum absolute atomic E-state index is 0.0291. The highest BCUT2D eigenvalue weighted by Gasteiger charge is 2.09. The summed E-state index contributed by atoms with van der Waals surface area (Å²) in [6.07, 6.45) is 11.9. The summed E-state index contributed by atoms with van der Waals surface area (Å²) < 4.78 is 5.62. The van der Waals surface area contributed by atoms with Crippen molar-refractivity contribution < 1.29 is 9.53 Å². The van der Waals surface area contributed by atoms with Crippen LogP contribution >= 0.6 is 11.3 Å². The molecule has 0 saturated carbocycles. The fraction of sp³-hybridized carbons (Fsp3) is 0.421. The van der Waals surface area contributed by atoms with Crippen LogP contribution in [-0.2, 0) is 17.8 Å². The number of thiazole rings is 1. The second kappa shape index (κ2) is 9.32. The molecule has 1 aliphatic carbocycles. The summed E-state index contributed by atoms with van der Waals surface area (Å²) in [4.78, 5) is 20.5. The zero-order valence-corrected chi connectivity index (χ0v) is 15.1. The van der Waals surface area contributed by atoms with Crippen molar-refractivity contribution in [2.45, 2.75) is 45.1 Å². The third-order valence-electron chi connectivity index (χ3n) is 4.09. The Morgan fingerprint density at radius 3 is 3.12 bits per heavy atom. The maximum atomic E-state index is 12.0. The maximum Gasteiger partial charge on any atom is 0.226 e. The van der Waals surface area contributed by atoms with E-state index in [2.05, 4.69) is 21.4 Å². The van der Waals surface area contributed by atoms with Gasteiger partial charge in [0.05, 0.1) is 18.3 Å². The molecule has 6 heteroatoms. The van der Waals surface area contributed by atoms with Crippen LogP contribution in [0.2, 0.25) is 0 Å². The molecule has 2 aromatic heterocycles. The van der Waals surface area contributed by atoms with Crippen LogP contribution < -0.4 is 10.1 Å². The molecule has 0 bridgehead atoms. The Bertz CT molecular complexity index is 712. The highest BCUT2D eigenvalue weighted by atomic mass is 32.1. The molecule has 2 aromatic rings. The van der Waals surface area contributed by atoms with E-state index >= 15 is 0 Å². The van der Waals surface area contributed by atoms with Gasteiger partial charge in [0.15, 0.2) is 0 Å². The number of rotatable bonds is 8. The smallest absolute Gasteiger partial charge is 0.226 e. The number of hydrogen-bond donors (Lipinski definition) is 1. The van der Waals surface area contributed by atoms with E-state index in [-0.39, 0.29) is 5.91 Å². The molecule has 0 spiro atoms. The Balaban J connectivity index is 1.38. The molecule has 0 saturated heterocycles. The molecule has 0 atom stereocenters. The normalized spacial score (nSPS) is 14.0. The predicted octanol–water partition coefficient (Wildman–Crippen LogP) is 3.67. The van der Waals surface area contributed by atoms with Crippen LogP contribution in [0.15, 0.2) is 41.6 Å². The number of nitrogens with zero attached hydrogens (tertiary/aromatic N) is 2. The number of ether oxygens (including phenoxy) is 1. The Morgan fingerprint density at radius 1 is 1.36 bits per heavy atom. The van der Waals surface area contributed by atoms with Gasteiger partial charge in [0.2, 0.25) is 5.91 Å². The highest BCUT2D eigenvalue weighted by Crippen LogP contribution is 2.19. The number of allylic oxidation sites excluding steroid dienone is 1. The summed E-state index contributed by atoms with van der Waals surface area (Å²) in [6.45, 7) is 1.11. The molecule has 0 aliphatic heterocycles. The largest absolute Gasteiger partial charge is 0.485 e. The van der Waals surface area contributed by atoms with E-state index in [1.54, 1.807) is 12.4 Å². The number of carbonyl (C=O) groups excluding carboxylic acids is 1. The molecule has 3 rings (SSSR count). The van der Waals surface area contributed by atoms with E-state index < -0.39 is 0 Å². The number of aromatic nitrogens is 2. The molecule has 0 unspecified atom stereocenters. The molecule has 132 valence electrons. The van der Waals surface area contributed by atoms with Gasteiger partial charge in [-0.1, -0.05) is 11.6 Å². The summed E-state index contributed by atoms with van der Waals surface area (Å²) in [5.41, 5.74) is 2.28. The zero-order chi connectivity index (χ0) is 17.3. The number of nitrogens with one attached hydrogen (secondary N) is 1. The number of hydrogen-bond acceptors (Lipinski definition) is 5. The molecule has 0 aromatic carbocycles. The van der Waals surface area contributed by atoms with Gasteiger partial charge in [0.25, 0.3) is 0 Å². The van der Waals surface area contributed by atoms with Crippen LogP contribution in [0.3, 0.4) is 0 Å². The van der Waals surface area contributed by atoms with Crippen LogP contribution in [0.5, 0.6) is 5.75 Å². The molecular formula is C19H23N3O2S. The van der Waals surface area contributed by atoms with Crippen molar-refractivity contribution in [1.29, 1.82) is 0 Å². The number of carbonyl (C=O) groups is 1. The molecule has 0 radical (unpaired) electrons. The van der Waals surface area contributed by atoms with Gasteiger partial charge < -0.3 is 10.1 Å². The van der Waals surface area contributed by atoms with Crippen molar-refractivity contribution in [1.82, 2.24) is 15.3 Å². The summed E-state index contributed by atoms with van der Waals surface area (Å²) >= 11 is 1.51. The Kier molecular flexibility index (Phi) is 6.56. The lowest BCUT2D eigenvalue weighted by molar-refractivity contribution is -0.120. The van der Waals surface area contributed by atoms with Crippen molar-refractivity contribution in [3.05, 3.63) is 52.3 Å². The molecule has 1 N–H and O–H groups in total. The van der Waals surface area contributed by atoms with Crippen molar-refractivity contribution in [2.24, 2.45) is 0 Å². The summed E-state index contributed by atoms with van der Waals surface area (Å²) in [5.74, 6) is 0.746. The van der Waals surface area contributed by atoms with Crippen molar-refractivity contribution in [3.63, 3.8) is 0 Å². The minimum atomic E-state index is 0.0291. The second-order valence-corrected chi connectivity index (χ2v) is 7.04. The molecule has 1 amide bonds. The van der Waals surface area contributed by atoms with E-state index in [9.17, 15) is 4.79 Å². The Hall–Kier alpha value is -2.21. The highest BCUT2D eigenvalue weighted by molar-refractivity contribution is 7.09. The second-order valence-electron chi connectivity index (χ2n) is 6.09.